The molecule has 5 heteroatoms. The highest BCUT2D eigenvalue weighted by molar-refractivity contribution is 5.95. The summed E-state index contributed by atoms with van der Waals surface area (Å²) in [7, 11) is 0. The zero-order valence-electron chi connectivity index (χ0n) is 20.9. The predicted octanol–water partition coefficient (Wildman–Crippen LogP) is 6.25. The van der Waals surface area contributed by atoms with Crippen LogP contribution < -0.4 is 10.1 Å². The Hall–Kier alpha value is -3.67. The van der Waals surface area contributed by atoms with E-state index >= 15 is 0 Å². The molecule has 1 aliphatic rings. The molecule has 1 aliphatic heterocycles. The molecule has 5 rings (SSSR count). The fourth-order valence-corrected chi connectivity index (χ4v) is 5.03. The van der Waals surface area contributed by atoms with Crippen LogP contribution in [0.5, 0.6) is 11.5 Å². The highest BCUT2D eigenvalue weighted by atomic mass is 16.5. The van der Waals surface area contributed by atoms with E-state index in [0.717, 1.165) is 47.2 Å². The van der Waals surface area contributed by atoms with Crippen LogP contribution in [0.25, 0.3) is 10.8 Å². The summed E-state index contributed by atoms with van der Waals surface area (Å²) in [4.78, 5) is 12.2. The molecule has 1 heterocycles. The van der Waals surface area contributed by atoms with E-state index in [0.29, 0.717) is 26.1 Å². The van der Waals surface area contributed by atoms with E-state index in [1.807, 2.05) is 66.7 Å². The molecule has 2 N–H and O–H groups in total. The fourth-order valence-electron chi connectivity index (χ4n) is 5.03. The van der Waals surface area contributed by atoms with Crippen LogP contribution in [0, 0.1) is 0 Å². The van der Waals surface area contributed by atoms with E-state index in [1.165, 1.54) is 5.56 Å². The third-order valence-corrected chi connectivity index (χ3v) is 7.01. The topological polar surface area (TPSA) is 67.8 Å². The van der Waals surface area contributed by atoms with Gasteiger partial charge in [0, 0.05) is 29.8 Å². The molecule has 0 spiro atoms. The number of hydrogen-bond acceptors (Lipinski definition) is 5. The number of piperidine rings is 1. The maximum atomic E-state index is 12.2. The van der Waals surface area contributed by atoms with Gasteiger partial charge < -0.3 is 19.9 Å². The summed E-state index contributed by atoms with van der Waals surface area (Å²) < 4.78 is 12.3. The van der Waals surface area contributed by atoms with Crippen LogP contribution >= 0.6 is 0 Å². The largest absolute Gasteiger partial charge is 0.507 e. The molecule has 0 radical (unpaired) electrons. The number of nitrogens with one attached hydrogen (secondary N) is 1. The minimum atomic E-state index is 0.0399. The number of carbonyl (C=O) groups excluding carboxylic acids is 1. The number of hydrogen-bond donors (Lipinski definition) is 2. The first kappa shape index (κ1) is 25.0. The van der Waals surface area contributed by atoms with Crippen molar-refractivity contribution in [1.29, 1.82) is 0 Å². The Kier molecular flexibility index (Phi) is 8.14. The van der Waals surface area contributed by atoms with Gasteiger partial charge in [-0.15, -0.1) is 0 Å². The Bertz CT molecular complexity index is 1320. The fraction of sp³-hybridized carbons (Fsp3) is 0.281. The molecule has 0 aromatic heterocycles. The van der Waals surface area contributed by atoms with E-state index in [2.05, 4.69) is 23.5 Å². The number of phenols is 1. The van der Waals surface area contributed by atoms with E-state index in [4.69, 9.17) is 9.47 Å². The Morgan fingerprint density at radius 1 is 0.946 bits per heavy atom. The first-order valence-electron chi connectivity index (χ1n) is 13.0. The van der Waals surface area contributed by atoms with Crippen molar-refractivity contribution in [3.8, 4) is 11.5 Å². The first-order chi connectivity index (χ1) is 18.2. The molecule has 37 heavy (non-hydrogen) atoms. The smallest absolute Gasteiger partial charge is 0.163 e. The van der Waals surface area contributed by atoms with E-state index < -0.39 is 0 Å². The first-order valence-corrected chi connectivity index (χ1v) is 13.0. The molecule has 0 saturated carbocycles. The number of benzene rings is 4. The minimum absolute atomic E-state index is 0.0399. The molecular weight excluding hydrogens is 462 g/mol. The Morgan fingerprint density at radius 2 is 1.73 bits per heavy atom. The van der Waals surface area contributed by atoms with Crippen molar-refractivity contribution in [2.75, 3.05) is 19.7 Å². The number of phenolic OH excluding ortho intramolecular Hbond substituents is 1. The average molecular weight is 496 g/mol. The lowest BCUT2D eigenvalue weighted by Crippen LogP contribution is -2.40. The van der Waals surface area contributed by atoms with Crippen molar-refractivity contribution < 1.29 is 19.4 Å². The summed E-state index contributed by atoms with van der Waals surface area (Å²) >= 11 is 0. The van der Waals surface area contributed by atoms with Crippen molar-refractivity contribution in [1.82, 2.24) is 5.32 Å². The maximum absolute atomic E-state index is 12.2. The van der Waals surface area contributed by atoms with Gasteiger partial charge in [-0.2, -0.15) is 0 Å². The van der Waals surface area contributed by atoms with Crippen LogP contribution in [0.2, 0.25) is 0 Å². The molecule has 2 unspecified atom stereocenters. The zero-order valence-corrected chi connectivity index (χ0v) is 20.9. The molecule has 1 saturated heterocycles. The van der Waals surface area contributed by atoms with Crippen molar-refractivity contribution >= 4 is 16.6 Å². The molecule has 0 bridgehead atoms. The zero-order chi connectivity index (χ0) is 25.5. The van der Waals surface area contributed by atoms with Crippen LogP contribution in [0.1, 0.15) is 46.7 Å². The lowest BCUT2D eigenvalue weighted by Gasteiger charge is -2.32. The Labute approximate surface area is 218 Å². The van der Waals surface area contributed by atoms with Crippen molar-refractivity contribution in [3.63, 3.8) is 0 Å². The van der Waals surface area contributed by atoms with Gasteiger partial charge in [0.1, 0.15) is 11.5 Å². The molecule has 0 amide bonds. The van der Waals surface area contributed by atoms with Crippen molar-refractivity contribution in [2.24, 2.45) is 0 Å². The third kappa shape index (κ3) is 6.37. The summed E-state index contributed by atoms with van der Waals surface area (Å²) in [5, 5.41) is 15.7. The molecule has 4 aromatic carbocycles. The average Bonchev–Trinajstić information content (AvgIpc) is 2.95. The van der Waals surface area contributed by atoms with Gasteiger partial charge in [-0.1, -0.05) is 66.7 Å². The van der Waals surface area contributed by atoms with E-state index in [-0.39, 0.29) is 23.6 Å². The van der Waals surface area contributed by atoms with Crippen LogP contribution in [-0.4, -0.2) is 36.7 Å². The van der Waals surface area contributed by atoms with Crippen molar-refractivity contribution in [2.45, 2.75) is 37.9 Å². The van der Waals surface area contributed by atoms with Gasteiger partial charge in [0.25, 0.3) is 0 Å². The minimum Gasteiger partial charge on any atom is -0.507 e. The van der Waals surface area contributed by atoms with Crippen LogP contribution in [-0.2, 0) is 11.3 Å². The second kappa shape index (κ2) is 12.0. The highest BCUT2D eigenvalue weighted by Gasteiger charge is 2.27. The molecule has 5 nitrogen and oxygen atoms in total. The van der Waals surface area contributed by atoms with Gasteiger partial charge in [0.2, 0.25) is 0 Å². The standard InChI is InChI=1S/C32H33NO4/c34-30(25-7-2-1-3-8-25)11-6-18-36-27-14-12-24(13-15-27)29-16-17-33-21-32(29)37-22-23-19-26-9-4-5-10-28(26)31(35)20-23/h1-5,7-10,12-15,19-20,29,32-33,35H,6,11,16-18,21-22H2. The van der Waals surface area contributed by atoms with Gasteiger partial charge >= 0.3 is 0 Å². The number of ether oxygens (including phenoxy) is 2. The Morgan fingerprint density at radius 3 is 2.57 bits per heavy atom. The van der Waals surface area contributed by atoms with Crippen LogP contribution in [0.4, 0.5) is 0 Å². The summed E-state index contributed by atoms with van der Waals surface area (Å²) in [6.45, 7) is 2.70. The van der Waals surface area contributed by atoms with Gasteiger partial charge in [-0.05, 0) is 60.2 Å². The number of ketones is 1. The summed E-state index contributed by atoms with van der Waals surface area (Å²) in [5.74, 6) is 1.53. The van der Waals surface area contributed by atoms with E-state index in [9.17, 15) is 9.90 Å². The lowest BCUT2D eigenvalue weighted by atomic mass is 9.87. The molecular formula is C32H33NO4. The normalized spacial score (nSPS) is 17.5. The number of carbonyl (C=O) groups is 1. The molecule has 2 atom stereocenters. The van der Waals surface area contributed by atoms with Crippen molar-refractivity contribution in [3.05, 3.63) is 108 Å². The van der Waals surface area contributed by atoms with Gasteiger partial charge in [0.05, 0.1) is 19.3 Å². The van der Waals surface area contributed by atoms with Crippen LogP contribution in [0.15, 0.2) is 91.0 Å². The highest BCUT2D eigenvalue weighted by Crippen LogP contribution is 2.31. The number of rotatable bonds is 10. The lowest BCUT2D eigenvalue weighted by molar-refractivity contribution is 0.0106. The SMILES string of the molecule is O=C(CCCOc1ccc(C2CCNCC2OCc2cc(O)c3ccccc3c2)cc1)c1ccccc1. The van der Waals surface area contributed by atoms with Crippen LogP contribution in [0.3, 0.4) is 0 Å². The quantitative estimate of drug-likeness (QED) is 0.201. The number of fused-ring (bicyclic) bond motifs is 1. The monoisotopic (exact) mass is 495 g/mol. The molecule has 190 valence electrons. The Balaban J connectivity index is 1.14. The second-order valence-corrected chi connectivity index (χ2v) is 9.60. The predicted molar refractivity (Wildman–Crippen MR) is 146 cm³/mol. The summed E-state index contributed by atoms with van der Waals surface area (Å²) in [6, 6.07) is 29.4. The molecule has 0 aliphatic carbocycles. The molecule has 1 fully saturated rings. The summed E-state index contributed by atoms with van der Waals surface area (Å²) in [6.07, 6.45) is 2.20. The third-order valence-electron chi connectivity index (χ3n) is 7.01. The molecule has 4 aromatic rings. The maximum Gasteiger partial charge on any atom is 0.163 e. The number of aromatic hydroxyl groups is 1. The number of Topliss-reactive ketones (excluding diaryl/α,β-unsaturated/α-hetero) is 1. The van der Waals surface area contributed by atoms with Gasteiger partial charge in [-0.3, -0.25) is 4.79 Å². The van der Waals surface area contributed by atoms with Gasteiger partial charge in [-0.25, -0.2) is 0 Å². The van der Waals surface area contributed by atoms with E-state index in [1.54, 1.807) is 6.07 Å². The summed E-state index contributed by atoms with van der Waals surface area (Å²) in [5.41, 5.74) is 2.96. The van der Waals surface area contributed by atoms with Gasteiger partial charge in [0.15, 0.2) is 5.78 Å². The second-order valence-electron chi connectivity index (χ2n) is 9.60.